The monoisotopic (exact) mass is 367 g/mol. The van der Waals surface area contributed by atoms with Gasteiger partial charge in [-0.05, 0) is 55.5 Å². The number of fused-ring (bicyclic) bond motifs is 1. The molecule has 136 valence electrons. The van der Waals surface area contributed by atoms with Crippen molar-refractivity contribution in [1.82, 2.24) is 9.97 Å². The van der Waals surface area contributed by atoms with Gasteiger partial charge in [-0.15, -0.1) is 0 Å². The summed E-state index contributed by atoms with van der Waals surface area (Å²) in [5.41, 5.74) is 4.11. The fourth-order valence-corrected chi connectivity index (χ4v) is 3.02. The van der Waals surface area contributed by atoms with Crippen molar-refractivity contribution in [3.8, 4) is 11.3 Å². The molecule has 0 radical (unpaired) electrons. The molecule has 0 atom stereocenters. The Labute approximate surface area is 162 Å². The molecule has 0 saturated heterocycles. The lowest BCUT2D eigenvalue weighted by molar-refractivity contribution is 0.101. The Hall–Kier alpha value is -3.86. The number of pyridine rings is 2. The normalized spacial score (nSPS) is 10.6. The zero-order valence-electron chi connectivity index (χ0n) is 15.2. The molecular formula is C23H17N3O2. The quantitative estimate of drug-likeness (QED) is 0.528. The van der Waals surface area contributed by atoms with E-state index in [-0.39, 0.29) is 11.7 Å². The second-order valence-electron chi connectivity index (χ2n) is 6.40. The van der Waals surface area contributed by atoms with Crippen molar-refractivity contribution in [2.24, 2.45) is 0 Å². The molecule has 4 aromatic rings. The van der Waals surface area contributed by atoms with Gasteiger partial charge < -0.3 is 5.32 Å². The van der Waals surface area contributed by atoms with Crippen LogP contribution in [0.25, 0.3) is 22.2 Å². The van der Waals surface area contributed by atoms with Crippen molar-refractivity contribution < 1.29 is 9.59 Å². The maximum atomic E-state index is 13.0. The lowest BCUT2D eigenvalue weighted by atomic mass is 10.0. The summed E-state index contributed by atoms with van der Waals surface area (Å²) in [4.78, 5) is 33.1. The first kappa shape index (κ1) is 17.5. The van der Waals surface area contributed by atoms with Crippen molar-refractivity contribution in [3.63, 3.8) is 0 Å². The number of ketones is 1. The Morgan fingerprint density at radius 3 is 2.32 bits per heavy atom. The van der Waals surface area contributed by atoms with E-state index in [4.69, 9.17) is 0 Å². The van der Waals surface area contributed by atoms with Crippen LogP contribution in [0.5, 0.6) is 0 Å². The van der Waals surface area contributed by atoms with Gasteiger partial charge in [-0.2, -0.15) is 0 Å². The molecule has 5 nitrogen and oxygen atoms in total. The van der Waals surface area contributed by atoms with Gasteiger partial charge in [0.15, 0.2) is 5.78 Å². The molecule has 0 aliphatic rings. The standard InChI is InChI=1S/C23H17N3O2/c1-15(27)16-6-8-18(9-7-16)25-23(28)20-14-22(17-10-12-24-13-11-17)26-21-5-3-2-4-19(20)21/h2-14H,1H3,(H,25,28). The van der Waals surface area contributed by atoms with Crippen molar-refractivity contribution in [1.29, 1.82) is 0 Å². The van der Waals surface area contributed by atoms with Crippen LogP contribution >= 0.6 is 0 Å². The van der Waals surface area contributed by atoms with E-state index in [1.54, 1.807) is 42.7 Å². The zero-order chi connectivity index (χ0) is 19.5. The summed E-state index contributed by atoms with van der Waals surface area (Å²) < 4.78 is 0. The van der Waals surface area contributed by atoms with E-state index in [9.17, 15) is 9.59 Å². The highest BCUT2D eigenvalue weighted by Crippen LogP contribution is 2.25. The Kier molecular flexibility index (Phi) is 4.64. The fourth-order valence-electron chi connectivity index (χ4n) is 3.02. The van der Waals surface area contributed by atoms with Crippen LogP contribution in [-0.4, -0.2) is 21.7 Å². The van der Waals surface area contributed by atoms with Crippen LogP contribution < -0.4 is 5.32 Å². The summed E-state index contributed by atoms with van der Waals surface area (Å²) >= 11 is 0. The van der Waals surface area contributed by atoms with Crippen molar-refractivity contribution in [3.05, 3.63) is 90.3 Å². The molecule has 0 bridgehead atoms. The van der Waals surface area contributed by atoms with Gasteiger partial charge >= 0.3 is 0 Å². The number of hydrogen-bond donors (Lipinski definition) is 1. The van der Waals surface area contributed by atoms with Gasteiger partial charge in [0, 0.05) is 34.6 Å². The van der Waals surface area contributed by atoms with Gasteiger partial charge in [-0.1, -0.05) is 18.2 Å². The molecule has 0 fully saturated rings. The van der Waals surface area contributed by atoms with Crippen LogP contribution in [0.1, 0.15) is 27.6 Å². The largest absolute Gasteiger partial charge is 0.322 e. The molecule has 2 aromatic heterocycles. The van der Waals surface area contributed by atoms with Gasteiger partial charge in [0.2, 0.25) is 0 Å². The summed E-state index contributed by atoms with van der Waals surface area (Å²) in [6.07, 6.45) is 3.39. The second kappa shape index (κ2) is 7.40. The van der Waals surface area contributed by atoms with Crippen LogP contribution in [0.4, 0.5) is 5.69 Å². The molecule has 0 spiro atoms. The number of anilines is 1. The van der Waals surface area contributed by atoms with Crippen molar-refractivity contribution in [2.75, 3.05) is 5.32 Å². The lowest BCUT2D eigenvalue weighted by Gasteiger charge is -2.11. The SMILES string of the molecule is CC(=O)c1ccc(NC(=O)c2cc(-c3ccncc3)nc3ccccc23)cc1. The number of nitrogens with one attached hydrogen (secondary N) is 1. The first-order chi connectivity index (χ1) is 13.6. The molecule has 0 aliphatic carbocycles. The molecule has 0 saturated carbocycles. The number of Topliss-reactive ketones (excluding diaryl/α,β-unsaturated/α-hetero) is 1. The number of amides is 1. The number of aromatic nitrogens is 2. The maximum Gasteiger partial charge on any atom is 0.256 e. The molecular weight excluding hydrogens is 350 g/mol. The van der Waals surface area contributed by atoms with Crippen LogP contribution in [0.3, 0.4) is 0 Å². The summed E-state index contributed by atoms with van der Waals surface area (Å²) in [6.45, 7) is 1.51. The fraction of sp³-hybridized carbons (Fsp3) is 0.0435. The minimum absolute atomic E-state index is 0.0139. The third kappa shape index (κ3) is 3.50. The smallest absolute Gasteiger partial charge is 0.256 e. The minimum atomic E-state index is -0.232. The maximum absolute atomic E-state index is 13.0. The highest BCUT2D eigenvalue weighted by Gasteiger charge is 2.14. The van der Waals surface area contributed by atoms with Crippen LogP contribution in [-0.2, 0) is 0 Å². The molecule has 1 amide bonds. The minimum Gasteiger partial charge on any atom is -0.322 e. The topological polar surface area (TPSA) is 72.0 Å². The molecule has 1 N–H and O–H groups in total. The molecule has 28 heavy (non-hydrogen) atoms. The third-order valence-electron chi connectivity index (χ3n) is 4.49. The van der Waals surface area contributed by atoms with Gasteiger partial charge in [0.25, 0.3) is 5.91 Å². The average Bonchev–Trinajstić information content (AvgIpc) is 2.74. The molecule has 2 heterocycles. The molecule has 2 aromatic carbocycles. The van der Waals surface area contributed by atoms with E-state index < -0.39 is 0 Å². The number of nitrogens with zero attached hydrogens (tertiary/aromatic N) is 2. The summed E-state index contributed by atoms with van der Waals surface area (Å²) in [6, 6.07) is 19.9. The van der Waals surface area contributed by atoms with Crippen LogP contribution in [0.2, 0.25) is 0 Å². The van der Waals surface area contributed by atoms with E-state index in [1.165, 1.54) is 6.92 Å². The van der Waals surface area contributed by atoms with Crippen LogP contribution in [0, 0.1) is 0 Å². The van der Waals surface area contributed by atoms with E-state index in [0.29, 0.717) is 22.5 Å². The van der Waals surface area contributed by atoms with Gasteiger partial charge in [-0.25, -0.2) is 4.98 Å². The summed E-state index contributed by atoms with van der Waals surface area (Å²) in [7, 11) is 0. The zero-order valence-corrected chi connectivity index (χ0v) is 15.2. The third-order valence-corrected chi connectivity index (χ3v) is 4.49. The van der Waals surface area contributed by atoms with Gasteiger partial charge in [-0.3, -0.25) is 14.6 Å². The van der Waals surface area contributed by atoms with E-state index in [1.807, 2.05) is 36.4 Å². The Balaban J connectivity index is 1.74. The Bertz CT molecular complexity index is 1170. The highest BCUT2D eigenvalue weighted by molar-refractivity contribution is 6.13. The number of carbonyl (C=O) groups is 2. The number of hydrogen-bond acceptors (Lipinski definition) is 4. The second-order valence-corrected chi connectivity index (χ2v) is 6.40. The first-order valence-electron chi connectivity index (χ1n) is 8.84. The van der Waals surface area contributed by atoms with Crippen LogP contribution in [0.15, 0.2) is 79.1 Å². The number of carbonyl (C=O) groups excluding carboxylic acids is 2. The summed E-state index contributed by atoms with van der Waals surface area (Å²) in [5, 5.41) is 3.68. The van der Waals surface area contributed by atoms with Gasteiger partial charge in [0.1, 0.15) is 0 Å². The Morgan fingerprint density at radius 1 is 0.893 bits per heavy atom. The number of para-hydroxylation sites is 1. The molecule has 4 rings (SSSR count). The predicted octanol–water partition coefficient (Wildman–Crippen LogP) is 4.75. The first-order valence-corrected chi connectivity index (χ1v) is 8.84. The number of benzene rings is 2. The molecule has 0 unspecified atom stereocenters. The van der Waals surface area contributed by atoms with Gasteiger partial charge in [0.05, 0.1) is 16.8 Å². The molecule has 5 heteroatoms. The Morgan fingerprint density at radius 2 is 1.61 bits per heavy atom. The average molecular weight is 367 g/mol. The van der Waals surface area contributed by atoms with E-state index >= 15 is 0 Å². The van der Waals surface area contributed by atoms with Crippen molar-refractivity contribution in [2.45, 2.75) is 6.92 Å². The summed E-state index contributed by atoms with van der Waals surface area (Å²) in [5.74, 6) is -0.246. The van der Waals surface area contributed by atoms with Crippen molar-refractivity contribution >= 4 is 28.3 Å². The lowest BCUT2D eigenvalue weighted by Crippen LogP contribution is -2.13. The highest BCUT2D eigenvalue weighted by atomic mass is 16.1. The van der Waals surface area contributed by atoms with E-state index in [2.05, 4.69) is 15.3 Å². The number of rotatable bonds is 4. The predicted molar refractivity (Wildman–Crippen MR) is 109 cm³/mol. The van der Waals surface area contributed by atoms with E-state index in [0.717, 1.165) is 16.5 Å². The molecule has 0 aliphatic heterocycles.